The molecule has 0 radical (unpaired) electrons. The molecular weight excluding hydrogens is 256 g/mol. The second-order valence-corrected chi connectivity index (χ2v) is 8.52. The first-order valence-corrected chi connectivity index (χ1v) is 8.83. The zero-order valence-electron chi connectivity index (χ0n) is 14.4. The SMILES string of the molecule is CC(C)=CCC=C(C)C1CCC2(C)C1C1C(C)CCC12O. The molecule has 0 amide bonds. The average molecular weight is 288 g/mol. The van der Waals surface area contributed by atoms with Gasteiger partial charge in [-0.1, -0.05) is 37.1 Å². The van der Waals surface area contributed by atoms with Crippen molar-refractivity contribution in [2.45, 2.75) is 72.3 Å². The first-order chi connectivity index (χ1) is 9.81. The monoisotopic (exact) mass is 288 g/mol. The van der Waals surface area contributed by atoms with Crippen LogP contribution in [0.4, 0.5) is 0 Å². The van der Waals surface area contributed by atoms with Crippen LogP contribution < -0.4 is 0 Å². The molecule has 6 atom stereocenters. The second kappa shape index (κ2) is 4.98. The zero-order valence-corrected chi connectivity index (χ0v) is 14.4. The van der Waals surface area contributed by atoms with Crippen molar-refractivity contribution in [2.24, 2.45) is 29.1 Å². The van der Waals surface area contributed by atoms with Gasteiger partial charge in [-0.15, -0.1) is 0 Å². The van der Waals surface area contributed by atoms with Gasteiger partial charge in [0.05, 0.1) is 5.60 Å². The van der Waals surface area contributed by atoms with Crippen molar-refractivity contribution in [3.05, 3.63) is 23.3 Å². The molecule has 1 nitrogen and oxygen atoms in total. The molecule has 3 rings (SSSR count). The molecule has 3 saturated carbocycles. The third kappa shape index (κ3) is 2.00. The molecule has 6 unspecified atom stereocenters. The molecule has 0 heterocycles. The summed E-state index contributed by atoms with van der Waals surface area (Å²) in [7, 11) is 0. The van der Waals surface area contributed by atoms with E-state index in [9.17, 15) is 5.11 Å². The van der Waals surface area contributed by atoms with Gasteiger partial charge < -0.3 is 5.11 Å². The molecule has 21 heavy (non-hydrogen) atoms. The highest BCUT2D eigenvalue weighted by molar-refractivity contribution is 5.28. The minimum Gasteiger partial charge on any atom is -0.389 e. The normalized spacial score (nSPS) is 48.6. The van der Waals surface area contributed by atoms with Gasteiger partial charge >= 0.3 is 0 Å². The lowest BCUT2D eigenvalue weighted by molar-refractivity contribution is -0.241. The van der Waals surface area contributed by atoms with Crippen LogP contribution in [-0.2, 0) is 0 Å². The summed E-state index contributed by atoms with van der Waals surface area (Å²) in [5.74, 6) is 2.70. The van der Waals surface area contributed by atoms with E-state index in [2.05, 4.69) is 46.8 Å². The predicted octanol–water partition coefficient (Wildman–Crippen LogP) is 5.11. The lowest BCUT2D eigenvalue weighted by atomic mass is 9.44. The standard InChI is InChI=1S/C20H32O/c1-13(2)7-6-8-14(3)16-10-11-19(5)18(16)17-15(4)9-12-20(17,19)21/h7-8,15-18,21H,6,9-12H2,1-5H3. The Bertz CT molecular complexity index is 484. The van der Waals surface area contributed by atoms with Gasteiger partial charge in [0, 0.05) is 5.41 Å². The molecule has 1 N–H and O–H groups in total. The third-order valence-corrected chi connectivity index (χ3v) is 7.22. The van der Waals surface area contributed by atoms with Crippen molar-refractivity contribution in [1.82, 2.24) is 0 Å². The summed E-state index contributed by atoms with van der Waals surface area (Å²) >= 11 is 0. The Morgan fingerprint density at radius 2 is 1.81 bits per heavy atom. The second-order valence-electron chi connectivity index (χ2n) is 8.52. The van der Waals surface area contributed by atoms with Crippen LogP contribution in [0.5, 0.6) is 0 Å². The highest BCUT2D eigenvalue weighted by atomic mass is 16.3. The van der Waals surface area contributed by atoms with Gasteiger partial charge in [0.25, 0.3) is 0 Å². The van der Waals surface area contributed by atoms with Gasteiger partial charge in [-0.3, -0.25) is 0 Å². The lowest BCUT2D eigenvalue weighted by Gasteiger charge is -2.63. The van der Waals surface area contributed by atoms with E-state index in [1.807, 2.05) is 0 Å². The van der Waals surface area contributed by atoms with E-state index in [4.69, 9.17) is 0 Å². The topological polar surface area (TPSA) is 20.2 Å². The Morgan fingerprint density at radius 3 is 2.48 bits per heavy atom. The van der Waals surface area contributed by atoms with E-state index >= 15 is 0 Å². The maximum Gasteiger partial charge on any atom is 0.0737 e. The van der Waals surface area contributed by atoms with Crippen molar-refractivity contribution in [2.75, 3.05) is 0 Å². The van der Waals surface area contributed by atoms with Crippen LogP contribution >= 0.6 is 0 Å². The molecule has 0 spiro atoms. The van der Waals surface area contributed by atoms with Crippen molar-refractivity contribution in [3.63, 3.8) is 0 Å². The van der Waals surface area contributed by atoms with Gasteiger partial charge in [0.15, 0.2) is 0 Å². The van der Waals surface area contributed by atoms with Crippen molar-refractivity contribution in [3.8, 4) is 0 Å². The number of hydrogen-bond donors (Lipinski definition) is 1. The molecule has 118 valence electrons. The van der Waals surface area contributed by atoms with Gasteiger partial charge in [-0.05, 0) is 76.5 Å². The molecule has 0 aromatic rings. The molecule has 0 aromatic heterocycles. The fraction of sp³-hybridized carbons (Fsp3) is 0.800. The molecule has 3 aliphatic carbocycles. The quantitative estimate of drug-likeness (QED) is 0.715. The smallest absolute Gasteiger partial charge is 0.0737 e. The Hall–Kier alpha value is -0.560. The van der Waals surface area contributed by atoms with Crippen molar-refractivity contribution < 1.29 is 5.11 Å². The summed E-state index contributed by atoms with van der Waals surface area (Å²) in [6.45, 7) is 11.4. The van der Waals surface area contributed by atoms with Crippen LogP contribution in [0.1, 0.15) is 66.7 Å². The van der Waals surface area contributed by atoms with Crippen LogP contribution in [0.3, 0.4) is 0 Å². The Balaban J connectivity index is 1.80. The van der Waals surface area contributed by atoms with Crippen LogP contribution in [0.2, 0.25) is 0 Å². The summed E-state index contributed by atoms with van der Waals surface area (Å²) in [4.78, 5) is 0. The fourth-order valence-electron chi connectivity index (χ4n) is 6.03. The van der Waals surface area contributed by atoms with E-state index in [0.717, 1.165) is 18.8 Å². The first-order valence-electron chi connectivity index (χ1n) is 8.83. The summed E-state index contributed by atoms with van der Waals surface area (Å²) in [6, 6.07) is 0. The highest BCUT2D eigenvalue weighted by Gasteiger charge is 2.75. The number of hydrogen-bond acceptors (Lipinski definition) is 1. The molecule has 3 aliphatic rings. The van der Waals surface area contributed by atoms with Gasteiger partial charge in [0.1, 0.15) is 0 Å². The molecular formula is C20H32O. The number of aliphatic hydroxyl groups is 1. The number of fused-ring (bicyclic) bond motifs is 4. The molecule has 3 fully saturated rings. The summed E-state index contributed by atoms with van der Waals surface area (Å²) < 4.78 is 0. The fourth-order valence-corrected chi connectivity index (χ4v) is 6.03. The molecule has 1 heteroatoms. The third-order valence-electron chi connectivity index (χ3n) is 7.22. The van der Waals surface area contributed by atoms with Gasteiger partial charge in [-0.2, -0.15) is 0 Å². The maximum atomic E-state index is 11.2. The van der Waals surface area contributed by atoms with E-state index in [-0.39, 0.29) is 11.0 Å². The van der Waals surface area contributed by atoms with Crippen molar-refractivity contribution in [1.29, 1.82) is 0 Å². The average Bonchev–Trinajstić information content (AvgIpc) is 2.85. The summed E-state index contributed by atoms with van der Waals surface area (Å²) in [5, 5.41) is 11.2. The number of rotatable bonds is 3. The first kappa shape index (κ1) is 15.3. The van der Waals surface area contributed by atoms with E-state index in [0.29, 0.717) is 17.8 Å². The van der Waals surface area contributed by atoms with E-state index in [1.54, 1.807) is 5.57 Å². The minimum atomic E-state index is -0.341. The minimum absolute atomic E-state index is 0.193. The van der Waals surface area contributed by atoms with E-state index < -0.39 is 0 Å². The van der Waals surface area contributed by atoms with Crippen LogP contribution in [-0.4, -0.2) is 10.7 Å². The molecule has 0 bridgehead atoms. The Labute approximate surface area is 130 Å². The van der Waals surface area contributed by atoms with Crippen molar-refractivity contribution >= 4 is 0 Å². The van der Waals surface area contributed by atoms with Gasteiger partial charge in [0.2, 0.25) is 0 Å². The zero-order chi connectivity index (χ0) is 15.4. The highest BCUT2D eigenvalue weighted by Crippen LogP contribution is 2.75. The summed E-state index contributed by atoms with van der Waals surface area (Å²) in [6.07, 6.45) is 10.6. The van der Waals surface area contributed by atoms with Gasteiger partial charge in [-0.25, -0.2) is 0 Å². The van der Waals surface area contributed by atoms with Crippen LogP contribution in [0, 0.1) is 29.1 Å². The maximum absolute atomic E-state index is 11.2. The van der Waals surface area contributed by atoms with Crippen LogP contribution in [0.25, 0.3) is 0 Å². The van der Waals surface area contributed by atoms with E-state index in [1.165, 1.54) is 24.8 Å². The predicted molar refractivity (Wildman–Crippen MR) is 89.0 cm³/mol. The Kier molecular flexibility index (Phi) is 3.64. The molecule has 0 saturated heterocycles. The molecule has 0 aliphatic heterocycles. The van der Waals surface area contributed by atoms with Crippen LogP contribution in [0.15, 0.2) is 23.3 Å². The largest absolute Gasteiger partial charge is 0.389 e. The lowest BCUT2D eigenvalue weighted by Crippen LogP contribution is -2.67. The Morgan fingerprint density at radius 1 is 1.10 bits per heavy atom. The number of allylic oxidation sites excluding steroid dienone is 4. The molecule has 0 aromatic carbocycles. The summed E-state index contributed by atoms with van der Waals surface area (Å²) in [5.41, 5.74) is 2.82.